The quantitative estimate of drug-likeness (QED) is 0.635. The van der Waals surface area contributed by atoms with E-state index in [1.54, 1.807) is 7.11 Å². The zero-order valence-electron chi connectivity index (χ0n) is 15.1. The third kappa shape index (κ3) is 5.15. The van der Waals surface area contributed by atoms with E-state index in [4.69, 9.17) is 15.0 Å². The number of nitrogens with zero attached hydrogens (tertiary/aromatic N) is 2. The molecule has 0 bridgehead atoms. The van der Waals surface area contributed by atoms with Gasteiger partial charge in [-0.05, 0) is 29.8 Å². The van der Waals surface area contributed by atoms with E-state index < -0.39 is 0 Å². The lowest BCUT2D eigenvalue weighted by Gasteiger charge is -2.12. The monoisotopic (exact) mass is 366 g/mol. The molecule has 1 heterocycles. The number of rotatable bonds is 8. The molecule has 0 radical (unpaired) electrons. The Labute approximate surface area is 157 Å². The molecule has 0 aliphatic heterocycles. The van der Waals surface area contributed by atoms with Crippen LogP contribution >= 0.6 is 0 Å². The summed E-state index contributed by atoms with van der Waals surface area (Å²) in [5, 5.41) is 6.79. The molecule has 3 aromatic rings. The fourth-order valence-electron chi connectivity index (χ4n) is 2.56. The number of carbonyl (C=O) groups excluding carboxylic acids is 1. The smallest absolute Gasteiger partial charge is 0.227 e. The first-order valence-electron chi connectivity index (χ1n) is 8.70. The third-order valence-electron chi connectivity index (χ3n) is 4.13. The summed E-state index contributed by atoms with van der Waals surface area (Å²) in [6, 6.07) is 16.8. The molecule has 7 heteroatoms. The van der Waals surface area contributed by atoms with E-state index in [-0.39, 0.29) is 18.4 Å². The summed E-state index contributed by atoms with van der Waals surface area (Å²) < 4.78 is 10.3. The number of aromatic nitrogens is 2. The number of methoxy groups -OCH3 is 1. The number of benzene rings is 2. The molecule has 1 unspecified atom stereocenters. The van der Waals surface area contributed by atoms with Crippen LogP contribution in [0.3, 0.4) is 0 Å². The Bertz CT molecular complexity index is 862. The number of carbonyl (C=O) groups is 1. The minimum absolute atomic E-state index is 0.106. The summed E-state index contributed by atoms with van der Waals surface area (Å²) in [5.41, 5.74) is 7.88. The second-order valence-corrected chi connectivity index (χ2v) is 6.06. The van der Waals surface area contributed by atoms with E-state index >= 15 is 0 Å². The average Bonchev–Trinajstić information content (AvgIpc) is 3.20. The van der Waals surface area contributed by atoms with Crippen molar-refractivity contribution in [3.05, 3.63) is 66.1 Å². The Morgan fingerprint density at radius 1 is 1.19 bits per heavy atom. The van der Waals surface area contributed by atoms with Crippen molar-refractivity contribution in [3.8, 4) is 17.1 Å². The topological polar surface area (TPSA) is 103 Å². The van der Waals surface area contributed by atoms with Gasteiger partial charge in [-0.3, -0.25) is 4.79 Å². The van der Waals surface area contributed by atoms with Gasteiger partial charge in [0.1, 0.15) is 5.75 Å². The Kier molecular flexibility index (Phi) is 6.17. The number of ether oxygens (including phenoxy) is 1. The van der Waals surface area contributed by atoms with Crippen molar-refractivity contribution in [2.24, 2.45) is 5.73 Å². The Morgan fingerprint density at radius 2 is 1.93 bits per heavy atom. The van der Waals surface area contributed by atoms with Gasteiger partial charge >= 0.3 is 0 Å². The normalized spacial score (nSPS) is 11.8. The SMILES string of the molecule is COc1ccc(-c2noc(CCC(=O)NCC(N)c3ccccc3)n2)cc1. The van der Waals surface area contributed by atoms with Crippen LogP contribution in [0, 0.1) is 0 Å². The summed E-state index contributed by atoms with van der Waals surface area (Å²) in [7, 11) is 1.61. The lowest BCUT2D eigenvalue weighted by Crippen LogP contribution is -2.32. The standard InChI is InChI=1S/C20H22N4O3/c1-26-16-9-7-15(8-10-16)20-23-19(27-24-20)12-11-18(25)22-13-17(21)14-5-3-2-4-6-14/h2-10,17H,11-13,21H2,1H3,(H,22,25). The molecular formula is C20H22N4O3. The lowest BCUT2D eigenvalue weighted by atomic mass is 10.1. The molecule has 3 rings (SSSR count). The van der Waals surface area contributed by atoms with Crippen molar-refractivity contribution >= 4 is 5.91 Å². The molecule has 3 N–H and O–H groups in total. The summed E-state index contributed by atoms with van der Waals surface area (Å²) >= 11 is 0. The van der Waals surface area contributed by atoms with Crippen LogP contribution in [-0.4, -0.2) is 29.7 Å². The summed E-state index contributed by atoms with van der Waals surface area (Å²) in [5.74, 6) is 1.56. The van der Waals surface area contributed by atoms with E-state index in [2.05, 4.69) is 15.5 Å². The maximum atomic E-state index is 12.0. The minimum atomic E-state index is -0.236. The Morgan fingerprint density at radius 3 is 2.63 bits per heavy atom. The van der Waals surface area contributed by atoms with Crippen LogP contribution in [0.2, 0.25) is 0 Å². The molecule has 27 heavy (non-hydrogen) atoms. The van der Waals surface area contributed by atoms with Crippen molar-refractivity contribution in [1.29, 1.82) is 0 Å². The van der Waals surface area contributed by atoms with Crippen molar-refractivity contribution in [2.75, 3.05) is 13.7 Å². The second-order valence-electron chi connectivity index (χ2n) is 6.06. The highest BCUT2D eigenvalue weighted by molar-refractivity contribution is 5.76. The van der Waals surface area contributed by atoms with Crippen LogP contribution in [0.5, 0.6) is 5.75 Å². The van der Waals surface area contributed by atoms with Crippen LogP contribution < -0.4 is 15.8 Å². The van der Waals surface area contributed by atoms with Gasteiger partial charge in [-0.1, -0.05) is 35.5 Å². The highest BCUT2D eigenvalue weighted by atomic mass is 16.5. The molecule has 0 aliphatic rings. The molecule has 7 nitrogen and oxygen atoms in total. The van der Waals surface area contributed by atoms with Gasteiger partial charge in [0.05, 0.1) is 7.11 Å². The van der Waals surface area contributed by atoms with Crippen molar-refractivity contribution in [2.45, 2.75) is 18.9 Å². The molecule has 0 fully saturated rings. The number of nitrogens with two attached hydrogens (primary N) is 1. The fourth-order valence-corrected chi connectivity index (χ4v) is 2.56. The summed E-state index contributed by atoms with van der Waals surface area (Å²) in [4.78, 5) is 16.4. The largest absolute Gasteiger partial charge is 0.497 e. The minimum Gasteiger partial charge on any atom is -0.497 e. The Balaban J connectivity index is 1.47. The number of hydrogen-bond acceptors (Lipinski definition) is 6. The first-order valence-corrected chi connectivity index (χ1v) is 8.70. The van der Waals surface area contributed by atoms with E-state index in [0.717, 1.165) is 16.9 Å². The molecule has 0 spiro atoms. The third-order valence-corrected chi connectivity index (χ3v) is 4.13. The molecule has 2 aromatic carbocycles. The number of nitrogens with one attached hydrogen (secondary N) is 1. The van der Waals surface area contributed by atoms with Gasteiger partial charge in [0.15, 0.2) is 0 Å². The molecule has 1 atom stereocenters. The highest BCUT2D eigenvalue weighted by Crippen LogP contribution is 2.20. The first-order chi connectivity index (χ1) is 13.2. The van der Waals surface area contributed by atoms with E-state index in [0.29, 0.717) is 24.7 Å². The molecule has 140 valence electrons. The van der Waals surface area contributed by atoms with E-state index in [1.165, 1.54) is 0 Å². The van der Waals surface area contributed by atoms with Crippen LogP contribution in [0.25, 0.3) is 11.4 Å². The van der Waals surface area contributed by atoms with Gasteiger partial charge in [0.25, 0.3) is 0 Å². The first kappa shape index (κ1) is 18.6. The van der Waals surface area contributed by atoms with Crippen LogP contribution in [0.15, 0.2) is 59.1 Å². The van der Waals surface area contributed by atoms with Crippen molar-refractivity contribution < 1.29 is 14.1 Å². The molecule has 1 aromatic heterocycles. The molecule has 0 aliphatic carbocycles. The van der Waals surface area contributed by atoms with Gasteiger partial charge < -0.3 is 20.3 Å². The van der Waals surface area contributed by atoms with Crippen molar-refractivity contribution in [1.82, 2.24) is 15.5 Å². The second kappa shape index (κ2) is 8.95. The van der Waals surface area contributed by atoms with E-state index in [9.17, 15) is 4.79 Å². The molecule has 1 amide bonds. The molecule has 0 saturated heterocycles. The average molecular weight is 366 g/mol. The van der Waals surface area contributed by atoms with E-state index in [1.807, 2.05) is 54.6 Å². The number of aryl methyl sites for hydroxylation is 1. The molecular weight excluding hydrogens is 344 g/mol. The fraction of sp³-hybridized carbons (Fsp3) is 0.250. The van der Waals surface area contributed by atoms with Crippen LogP contribution in [0.1, 0.15) is 23.9 Å². The van der Waals surface area contributed by atoms with Gasteiger partial charge in [-0.15, -0.1) is 0 Å². The Hall–Kier alpha value is -3.19. The van der Waals surface area contributed by atoms with Gasteiger partial charge in [-0.25, -0.2) is 0 Å². The zero-order chi connectivity index (χ0) is 19.1. The van der Waals surface area contributed by atoms with Gasteiger partial charge in [0, 0.05) is 31.0 Å². The van der Waals surface area contributed by atoms with Crippen LogP contribution in [-0.2, 0) is 11.2 Å². The van der Waals surface area contributed by atoms with Crippen LogP contribution in [0.4, 0.5) is 0 Å². The lowest BCUT2D eigenvalue weighted by molar-refractivity contribution is -0.121. The maximum Gasteiger partial charge on any atom is 0.227 e. The van der Waals surface area contributed by atoms with Gasteiger partial charge in [0.2, 0.25) is 17.6 Å². The van der Waals surface area contributed by atoms with Gasteiger partial charge in [-0.2, -0.15) is 4.98 Å². The number of hydrogen-bond donors (Lipinski definition) is 2. The predicted molar refractivity (Wildman–Crippen MR) is 101 cm³/mol. The van der Waals surface area contributed by atoms with Crippen molar-refractivity contribution in [3.63, 3.8) is 0 Å². The maximum absolute atomic E-state index is 12.0. The zero-order valence-corrected chi connectivity index (χ0v) is 15.1. The predicted octanol–water partition coefficient (Wildman–Crippen LogP) is 2.49. The summed E-state index contributed by atoms with van der Waals surface area (Å²) in [6.45, 7) is 0.379. The molecule has 0 saturated carbocycles. The summed E-state index contributed by atoms with van der Waals surface area (Å²) in [6.07, 6.45) is 0.626. The highest BCUT2D eigenvalue weighted by Gasteiger charge is 2.12. The number of amides is 1.